The van der Waals surface area contributed by atoms with Gasteiger partial charge < -0.3 is 21.1 Å². The van der Waals surface area contributed by atoms with Gasteiger partial charge in [-0.05, 0) is 55.3 Å². The SMILES string of the molecule is O[C@@H]1CCC[C@@H]1Nc1nc(Nc2ccccn2)cc2c1CNC=C2. The highest BCUT2D eigenvalue weighted by atomic mass is 16.3. The zero-order valence-electron chi connectivity index (χ0n) is 13.4. The van der Waals surface area contributed by atoms with Crippen molar-refractivity contribution in [2.75, 3.05) is 10.6 Å². The van der Waals surface area contributed by atoms with E-state index in [0.717, 1.165) is 54.4 Å². The van der Waals surface area contributed by atoms with Gasteiger partial charge in [0, 0.05) is 18.3 Å². The Morgan fingerprint density at radius 3 is 2.96 bits per heavy atom. The van der Waals surface area contributed by atoms with E-state index >= 15 is 0 Å². The lowest BCUT2D eigenvalue weighted by Gasteiger charge is -2.23. The number of aliphatic hydroxyl groups is 1. The van der Waals surface area contributed by atoms with Gasteiger partial charge in [-0.2, -0.15) is 0 Å². The van der Waals surface area contributed by atoms with Gasteiger partial charge in [0.2, 0.25) is 0 Å². The fourth-order valence-corrected chi connectivity index (χ4v) is 3.27. The Morgan fingerprint density at radius 1 is 1.21 bits per heavy atom. The summed E-state index contributed by atoms with van der Waals surface area (Å²) in [6.45, 7) is 0.730. The molecule has 0 radical (unpaired) electrons. The van der Waals surface area contributed by atoms with Crippen LogP contribution in [0.3, 0.4) is 0 Å². The zero-order valence-corrected chi connectivity index (χ0v) is 13.4. The van der Waals surface area contributed by atoms with Crippen LogP contribution in [-0.2, 0) is 6.54 Å². The highest BCUT2D eigenvalue weighted by Gasteiger charge is 2.26. The van der Waals surface area contributed by atoms with Crippen LogP contribution in [0.1, 0.15) is 30.4 Å². The van der Waals surface area contributed by atoms with E-state index in [1.807, 2.05) is 36.5 Å². The Labute approximate surface area is 141 Å². The van der Waals surface area contributed by atoms with Gasteiger partial charge >= 0.3 is 0 Å². The number of hydrogen-bond donors (Lipinski definition) is 4. The summed E-state index contributed by atoms with van der Waals surface area (Å²) < 4.78 is 0. The van der Waals surface area contributed by atoms with E-state index in [9.17, 15) is 5.11 Å². The van der Waals surface area contributed by atoms with Crippen LogP contribution in [0.5, 0.6) is 0 Å². The standard InChI is InChI=1S/C18H21N5O/c24-15-5-3-4-14(15)21-18-13-11-19-9-7-12(13)10-17(23-18)22-16-6-1-2-8-20-16/h1-2,6-10,14-15,19,24H,3-5,11H2,(H2,20,21,22,23)/t14-,15+/m0/s1. The Balaban J connectivity index is 1.66. The molecular weight excluding hydrogens is 302 g/mol. The van der Waals surface area contributed by atoms with Crippen LogP contribution in [-0.4, -0.2) is 27.2 Å². The summed E-state index contributed by atoms with van der Waals surface area (Å²) in [7, 11) is 0. The molecule has 0 unspecified atom stereocenters. The molecule has 2 aromatic rings. The normalized spacial score (nSPS) is 21.9. The molecule has 0 bridgehead atoms. The molecule has 24 heavy (non-hydrogen) atoms. The maximum Gasteiger partial charge on any atom is 0.134 e. The molecule has 1 aliphatic heterocycles. The summed E-state index contributed by atoms with van der Waals surface area (Å²) >= 11 is 0. The molecule has 2 aliphatic rings. The number of pyridine rings is 2. The van der Waals surface area contributed by atoms with Gasteiger partial charge in [0.25, 0.3) is 0 Å². The summed E-state index contributed by atoms with van der Waals surface area (Å²) in [5, 5.41) is 20.0. The largest absolute Gasteiger partial charge is 0.391 e. The van der Waals surface area contributed by atoms with Gasteiger partial charge in [0.15, 0.2) is 0 Å². The number of fused-ring (bicyclic) bond motifs is 1. The van der Waals surface area contributed by atoms with Crippen molar-refractivity contribution in [1.82, 2.24) is 15.3 Å². The molecule has 0 spiro atoms. The van der Waals surface area contributed by atoms with Crippen molar-refractivity contribution in [3.8, 4) is 0 Å². The molecule has 2 aromatic heterocycles. The van der Waals surface area contributed by atoms with Crippen molar-refractivity contribution >= 4 is 23.5 Å². The van der Waals surface area contributed by atoms with Crippen LogP contribution in [0.2, 0.25) is 0 Å². The molecule has 124 valence electrons. The monoisotopic (exact) mass is 323 g/mol. The highest BCUT2D eigenvalue weighted by molar-refractivity contribution is 5.69. The molecule has 1 fully saturated rings. The predicted molar refractivity (Wildman–Crippen MR) is 94.9 cm³/mol. The molecule has 0 amide bonds. The molecule has 1 aliphatic carbocycles. The molecule has 2 atom stereocenters. The molecule has 4 N–H and O–H groups in total. The van der Waals surface area contributed by atoms with Crippen molar-refractivity contribution in [2.45, 2.75) is 38.0 Å². The van der Waals surface area contributed by atoms with Gasteiger partial charge in [-0.25, -0.2) is 9.97 Å². The second kappa shape index (κ2) is 6.49. The Morgan fingerprint density at radius 2 is 2.17 bits per heavy atom. The van der Waals surface area contributed by atoms with Gasteiger partial charge in [0.1, 0.15) is 17.5 Å². The first kappa shape index (κ1) is 15.0. The summed E-state index contributed by atoms with van der Waals surface area (Å²) in [4.78, 5) is 9.02. The number of nitrogens with one attached hydrogen (secondary N) is 3. The lowest BCUT2D eigenvalue weighted by molar-refractivity contribution is 0.171. The number of hydrogen-bond acceptors (Lipinski definition) is 6. The van der Waals surface area contributed by atoms with Crippen molar-refractivity contribution < 1.29 is 5.11 Å². The van der Waals surface area contributed by atoms with Gasteiger partial charge in [0.05, 0.1) is 12.1 Å². The maximum absolute atomic E-state index is 10.1. The van der Waals surface area contributed by atoms with Gasteiger partial charge in [-0.3, -0.25) is 0 Å². The lowest BCUT2D eigenvalue weighted by Crippen LogP contribution is -2.29. The molecule has 4 rings (SSSR count). The fourth-order valence-electron chi connectivity index (χ4n) is 3.27. The third kappa shape index (κ3) is 3.05. The third-order valence-electron chi connectivity index (χ3n) is 4.54. The van der Waals surface area contributed by atoms with Gasteiger partial charge in [-0.1, -0.05) is 6.07 Å². The molecule has 3 heterocycles. The van der Waals surface area contributed by atoms with Crippen LogP contribution in [0, 0.1) is 0 Å². The number of aromatic nitrogens is 2. The average Bonchev–Trinajstić information content (AvgIpc) is 3.01. The molecular formula is C18H21N5O. The van der Waals surface area contributed by atoms with E-state index in [-0.39, 0.29) is 12.1 Å². The average molecular weight is 323 g/mol. The van der Waals surface area contributed by atoms with E-state index in [1.165, 1.54) is 0 Å². The van der Waals surface area contributed by atoms with E-state index in [4.69, 9.17) is 4.98 Å². The van der Waals surface area contributed by atoms with E-state index in [1.54, 1.807) is 6.20 Å². The predicted octanol–water partition coefficient (Wildman–Crippen LogP) is 2.62. The zero-order chi connectivity index (χ0) is 16.4. The van der Waals surface area contributed by atoms with E-state index in [2.05, 4.69) is 20.9 Å². The fraction of sp³-hybridized carbons (Fsp3) is 0.333. The molecule has 0 aromatic carbocycles. The second-order valence-corrected chi connectivity index (χ2v) is 6.23. The summed E-state index contributed by atoms with van der Waals surface area (Å²) in [6, 6.07) is 7.82. The summed E-state index contributed by atoms with van der Waals surface area (Å²) in [6.07, 6.45) is 8.30. The second-order valence-electron chi connectivity index (χ2n) is 6.23. The maximum atomic E-state index is 10.1. The first-order valence-corrected chi connectivity index (χ1v) is 8.36. The number of anilines is 3. The number of nitrogens with zero attached hydrogens (tertiary/aromatic N) is 2. The van der Waals surface area contributed by atoms with E-state index < -0.39 is 0 Å². The number of aliphatic hydroxyl groups excluding tert-OH is 1. The summed E-state index contributed by atoms with van der Waals surface area (Å²) in [5.41, 5.74) is 2.25. The van der Waals surface area contributed by atoms with Crippen LogP contribution in [0.25, 0.3) is 6.08 Å². The topological polar surface area (TPSA) is 82.1 Å². The van der Waals surface area contributed by atoms with Crippen molar-refractivity contribution in [3.05, 3.63) is 47.8 Å². The molecule has 6 nitrogen and oxygen atoms in total. The molecule has 0 saturated heterocycles. The Hall–Kier alpha value is -2.60. The van der Waals surface area contributed by atoms with Gasteiger partial charge in [-0.15, -0.1) is 0 Å². The molecule has 1 saturated carbocycles. The molecule has 6 heteroatoms. The van der Waals surface area contributed by atoms with Crippen LogP contribution < -0.4 is 16.0 Å². The minimum atomic E-state index is -0.304. The van der Waals surface area contributed by atoms with Crippen LogP contribution >= 0.6 is 0 Å². The third-order valence-corrected chi connectivity index (χ3v) is 4.54. The van der Waals surface area contributed by atoms with Crippen molar-refractivity contribution in [3.63, 3.8) is 0 Å². The highest BCUT2D eigenvalue weighted by Crippen LogP contribution is 2.29. The lowest BCUT2D eigenvalue weighted by atomic mass is 10.1. The first-order valence-electron chi connectivity index (χ1n) is 8.36. The summed E-state index contributed by atoms with van der Waals surface area (Å²) in [5.74, 6) is 2.33. The van der Waals surface area contributed by atoms with E-state index in [0.29, 0.717) is 0 Å². The van der Waals surface area contributed by atoms with Crippen molar-refractivity contribution in [2.24, 2.45) is 0 Å². The Kier molecular flexibility index (Phi) is 4.04. The minimum absolute atomic E-state index is 0.0672. The van der Waals surface area contributed by atoms with Crippen LogP contribution in [0.15, 0.2) is 36.7 Å². The first-order chi connectivity index (χ1) is 11.8. The van der Waals surface area contributed by atoms with Crippen LogP contribution in [0.4, 0.5) is 17.5 Å². The quantitative estimate of drug-likeness (QED) is 0.692. The minimum Gasteiger partial charge on any atom is -0.391 e. The smallest absolute Gasteiger partial charge is 0.134 e. The Bertz CT molecular complexity index is 747. The number of rotatable bonds is 4. The van der Waals surface area contributed by atoms with Crippen molar-refractivity contribution in [1.29, 1.82) is 0 Å².